The van der Waals surface area contributed by atoms with Crippen molar-refractivity contribution in [2.24, 2.45) is 5.73 Å². The van der Waals surface area contributed by atoms with E-state index in [2.05, 4.69) is 14.7 Å². The molecule has 0 aliphatic carbocycles. The summed E-state index contributed by atoms with van der Waals surface area (Å²) in [7, 11) is 0. The number of hydrogen-bond acceptors (Lipinski definition) is 9. The third-order valence-electron chi connectivity index (χ3n) is 3.76. The molecule has 31 heavy (non-hydrogen) atoms. The summed E-state index contributed by atoms with van der Waals surface area (Å²) in [5.74, 6) is 1.12. The number of aromatic nitrogens is 2. The molecule has 11 nitrogen and oxygen atoms in total. The van der Waals surface area contributed by atoms with Gasteiger partial charge in [0.05, 0.1) is 12.6 Å². The number of nitrogen functional groups attached to an aromatic ring is 1. The minimum absolute atomic E-state index is 0.0127. The molecule has 2 heterocycles. The first-order valence-electron chi connectivity index (χ1n) is 8.81. The SMILES string of the molecule is NC(=O)Cc1ccc(N)cc1.O=C(O)Oc1cncnc1Oc1ccc2c(c1)OCO2. The van der Waals surface area contributed by atoms with Crippen LogP contribution in [0.15, 0.2) is 55.0 Å². The number of carbonyl (C=O) groups is 2. The summed E-state index contributed by atoms with van der Waals surface area (Å²) in [6.45, 7) is 0.152. The third kappa shape index (κ3) is 6.22. The fourth-order valence-electron chi connectivity index (χ4n) is 2.44. The minimum Gasteiger partial charge on any atom is -0.454 e. The first-order chi connectivity index (χ1) is 14.9. The molecule has 0 fully saturated rings. The molecule has 1 aliphatic rings. The van der Waals surface area contributed by atoms with Crippen LogP contribution in [-0.4, -0.2) is 33.9 Å². The van der Waals surface area contributed by atoms with Gasteiger partial charge >= 0.3 is 6.16 Å². The molecule has 3 aromatic rings. The van der Waals surface area contributed by atoms with Crippen molar-refractivity contribution in [1.29, 1.82) is 0 Å². The molecule has 2 aromatic carbocycles. The van der Waals surface area contributed by atoms with Gasteiger partial charge in [0.1, 0.15) is 12.1 Å². The van der Waals surface area contributed by atoms with Gasteiger partial charge < -0.3 is 35.5 Å². The molecule has 5 N–H and O–H groups in total. The van der Waals surface area contributed by atoms with Crippen molar-refractivity contribution >= 4 is 17.7 Å². The second-order valence-electron chi connectivity index (χ2n) is 6.06. The Morgan fingerprint density at radius 2 is 1.84 bits per heavy atom. The van der Waals surface area contributed by atoms with E-state index in [0.29, 0.717) is 22.9 Å². The predicted molar refractivity (Wildman–Crippen MR) is 107 cm³/mol. The largest absolute Gasteiger partial charge is 0.511 e. The maximum Gasteiger partial charge on any atom is 0.511 e. The zero-order valence-corrected chi connectivity index (χ0v) is 16.1. The average Bonchev–Trinajstić information content (AvgIpc) is 3.19. The van der Waals surface area contributed by atoms with Gasteiger partial charge in [-0.2, -0.15) is 4.98 Å². The van der Waals surface area contributed by atoms with Crippen LogP contribution in [0, 0.1) is 0 Å². The van der Waals surface area contributed by atoms with Crippen LogP contribution in [0.4, 0.5) is 10.5 Å². The van der Waals surface area contributed by atoms with E-state index in [1.54, 1.807) is 42.5 Å². The van der Waals surface area contributed by atoms with Gasteiger partial charge in [0, 0.05) is 11.8 Å². The standard InChI is InChI=1S/C12H8N2O6.C8H10N2O/c15-12(16)20-10-4-13-5-14-11(10)19-7-1-2-8-9(3-7)18-6-17-8;9-7-3-1-6(2-4-7)5-8(10)11/h1-5H,6H2,(H,15,16);1-4H,5,9H2,(H2,10,11). The molecule has 1 amide bonds. The summed E-state index contributed by atoms with van der Waals surface area (Å²) in [5, 5.41) is 8.61. The molecular weight excluding hydrogens is 408 g/mol. The third-order valence-corrected chi connectivity index (χ3v) is 3.76. The van der Waals surface area contributed by atoms with Crippen LogP contribution in [0.1, 0.15) is 5.56 Å². The lowest BCUT2D eigenvalue weighted by Crippen LogP contribution is -2.13. The Labute approximate surface area is 176 Å². The number of amides is 1. The fourth-order valence-corrected chi connectivity index (χ4v) is 2.44. The van der Waals surface area contributed by atoms with Crippen LogP contribution >= 0.6 is 0 Å². The van der Waals surface area contributed by atoms with Gasteiger partial charge in [0.25, 0.3) is 5.88 Å². The van der Waals surface area contributed by atoms with Crippen molar-refractivity contribution < 1.29 is 33.6 Å². The number of nitrogens with two attached hydrogens (primary N) is 2. The first kappa shape index (κ1) is 21.2. The number of carbonyl (C=O) groups excluding carboxylic acids is 1. The van der Waals surface area contributed by atoms with Crippen molar-refractivity contribution in [3.05, 3.63) is 60.6 Å². The zero-order valence-electron chi connectivity index (χ0n) is 16.1. The van der Waals surface area contributed by atoms with Gasteiger partial charge in [-0.15, -0.1) is 0 Å². The van der Waals surface area contributed by atoms with Crippen LogP contribution < -0.4 is 30.4 Å². The van der Waals surface area contributed by atoms with E-state index in [1.807, 2.05) is 0 Å². The molecule has 0 unspecified atom stereocenters. The summed E-state index contributed by atoms with van der Waals surface area (Å²) in [6, 6.07) is 12.0. The second kappa shape index (κ2) is 9.78. The van der Waals surface area contributed by atoms with E-state index in [1.165, 1.54) is 12.5 Å². The number of ether oxygens (including phenoxy) is 4. The number of fused-ring (bicyclic) bond motifs is 1. The summed E-state index contributed by atoms with van der Waals surface area (Å²) < 4.78 is 20.4. The molecule has 0 saturated heterocycles. The highest BCUT2D eigenvalue weighted by Crippen LogP contribution is 2.37. The molecule has 4 rings (SSSR count). The topological polar surface area (TPSA) is 169 Å². The van der Waals surface area contributed by atoms with E-state index in [0.717, 1.165) is 5.56 Å². The van der Waals surface area contributed by atoms with Gasteiger partial charge in [0.2, 0.25) is 18.4 Å². The summed E-state index contributed by atoms with van der Waals surface area (Å²) in [6.07, 6.45) is 1.22. The molecule has 0 radical (unpaired) electrons. The van der Waals surface area contributed by atoms with Crippen molar-refractivity contribution in [3.8, 4) is 28.9 Å². The first-order valence-corrected chi connectivity index (χ1v) is 8.81. The molecule has 1 aromatic heterocycles. The maximum atomic E-state index is 10.6. The Bertz CT molecular complexity index is 1070. The molecule has 0 atom stereocenters. The highest BCUT2D eigenvalue weighted by molar-refractivity contribution is 5.76. The Hall–Kier alpha value is -4.54. The van der Waals surface area contributed by atoms with Crippen molar-refractivity contribution in [2.75, 3.05) is 12.5 Å². The lowest BCUT2D eigenvalue weighted by molar-refractivity contribution is -0.117. The molecule has 0 saturated carbocycles. The van der Waals surface area contributed by atoms with Crippen LogP contribution in [0.5, 0.6) is 28.9 Å². The molecule has 1 aliphatic heterocycles. The zero-order chi connectivity index (χ0) is 22.2. The molecule has 0 bridgehead atoms. The van der Waals surface area contributed by atoms with Crippen LogP contribution in [-0.2, 0) is 11.2 Å². The number of carboxylic acid groups (broad SMARTS) is 1. The number of primary amides is 1. The number of anilines is 1. The van der Waals surface area contributed by atoms with Gasteiger partial charge in [-0.25, -0.2) is 9.78 Å². The van der Waals surface area contributed by atoms with E-state index < -0.39 is 6.16 Å². The Kier molecular flexibility index (Phi) is 6.68. The number of benzene rings is 2. The number of nitrogens with zero attached hydrogens (tertiary/aromatic N) is 2. The number of hydrogen-bond donors (Lipinski definition) is 3. The van der Waals surface area contributed by atoms with Gasteiger partial charge in [-0.05, 0) is 29.8 Å². The van der Waals surface area contributed by atoms with Gasteiger partial charge in [-0.1, -0.05) is 12.1 Å². The monoisotopic (exact) mass is 426 g/mol. The quantitative estimate of drug-likeness (QED) is 0.406. The van der Waals surface area contributed by atoms with E-state index in [9.17, 15) is 9.59 Å². The lowest BCUT2D eigenvalue weighted by Gasteiger charge is -2.08. The molecule has 0 spiro atoms. The van der Waals surface area contributed by atoms with Crippen molar-refractivity contribution in [3.63, 3.8) is 0 Å². The highest BCUT2D eigenvalue weighted by atomic mass is 16.7. The molecule has 160 valence electrons. The van der Waals surface area contributed by atoms with E-state index in [4.69, 9.17) is 30.8 Å². The fraction of sp³-hybridized carbons (Fsp3) is 0.100. The van der Waals surface area contributed by atoms with Crippen molar-refractivity contribution in [2.45, 2.75) is 6.42 Å². The van der Waals surface area contributed by atoms with Gasteiger partial charge in [0.15, 0.2) is 11.5 Å². The van der Waals surface area contributed by atoms with Crippen LogP contribution in [0.2, 0.25) is 0 Å². The Morgan fingerprint density at radius 1 is 1.10 bits per heavy atom. The van der Waals surface area contributed by atoms with Crippen LogP contribution in [0.25, 0.3) is 0 Å². The Morgan fingerprint density at radius 3 is 2.55 bits per heavy atom. The minimum atomic E-state index is -1.48. The van der Waals surface area contributed by atoms with E-state index in [-0.39, 0.29) is 30.8 Å². The van der Waals surface area contributed by atoms with Gasteiger partial charge in [-0.3, -0.25) is 4.79 Å². The smallest absolute Gasteiger partial charge is 0.454 e. The second-order valence-corrected chi connectivity index (χ2v) is 6.06. The van der Waals surface area contributed by atoms with Crippen molar-refractivity contribution in [1.82, 2.24) is 9.97 Å². The average molecular weight is 426 g/mol. The van der Waals surface area contributed by atoms with Crippen LogP contribution in [0.3, 0.4) is 0 Å². The predicted octanol–water partition coefficient (Wildman–Crippen LogP) is 2.35. The normalized spacial score (nSPS) is 11.1. The highest BCUT2D eigenvalue weighted by Gasteiger charge is 2.16. The summed E-state index contributed by atoms with van der Waals surface area (Å²) in [5.41, 5.74) is 12.0. The maximum absolute atomic E-state index is 10.6. The molecule has 11 heteroatoms. The van der Waals surface area contributed by atoms with E-state index >= 15 is 0 Å². The molecular formula is C20H18N4O7. The Balaban J connectivity index is 0.000000210. The number of rotatable bonds is 5. The summed E-state index contributed by atoms with van der Waals surface area (Å²) in [4.78, 5) is 28.5. The lowest BCUT2D eigenvalue weighted by atomic mass is 10.1. The summed E-state index contributed by atoms with van der Waals surface area (Å²) >= 11 is 0.